The van der Waals surface area contributed by atoms with Crippen LogP contribution < -0.4 is 5.73 Å². The van der Waals surface area contributed by atoms with E-state index in [2.05, 4.69) is 10.1 Å². The first-order valence-corrected chi connectivity index (χ1v) is 5.81. The summed E-state index contributed by atoms with van der Waals surface area (Å²) in [6.07, 6.45) is 1.80. The van der Waals surface area contributed by atoms with E-state index >= 15 is 0 Å². The predicted octanol–water partition coefficient (Wildman–Crippen LogP) is 2.53. The van der Waals surface area contributed by atoms with Gasteiger partial charge in [0, 0.05) is 29.8 Å². The maximum absolute atomic E-state index is 5.96. The maximum atomic E-state index is 5.96. The smallest absolute Gasteiger partial charge is 0.124 e. The zero-order valence-electron chi connectivity index (χ0n) is 10.4. The number of rotatable bonds is 1. The van der Waals surface area contributed by atoms with E-state index in [1.54, 1.807) is 10.9 Å². The third-order valence-corrected chi connectivity index (χ3v) is 3.23. The van der Waals surface area contributed by atoms with Crippen molar-refractivity contribution >= 4 is 16.7 Å². The largest absolute Gasteiger partial charge is 0.384 e. The van der Waals surface area contributed by atoms with Crippen molar-refractivity contribution in [1.82, 2.24) is 14.8 Å². The second kappa shape index (κ2) is 3.84. The van der Waals surface area contributed by atoms with Crippen LogP contribution in [0.3, 0.4) is 0 Å². The van der Waals surface area contributed by atoms with Gasteiger partial charge in [0.2, 0.25) is 0 Å². The molecular formula is C14H14N4. The Hall–Kier alpha value is -2.36. The minimum atomic E-state index is 0.693. The number of nitrogens with two attached hydrogens (primary N) is 1. The van der Waals surface area contributed by atoms with Gasteiger partial charge in [-0.05, 0) is 13.0 Å². The Morgan fingerprint density at radius 2 is 1.94 bits per heavy atom. The molecule has 3 aromatic rings. The van der Waals surface area contributed by atoms with E-state index in [0.717, 1.165) is 27.7 Å². The standard InChI is InChI=1S/C14H14N4/c1-9-12(17-18(2)14(9)15)11-7-3-5-10-6-4-8-16-13(10)11/h3-8H,15H2,1-2H3. The summed E-state index contributed by atoms with van der Waals surface area (Å²) in [7, 11) is 1.85. The lowest BCUT2D eigenvalue weighted by atomic mass is 10.0. The number of aromatic nitrogens is 3. The highest BCUT2D eigenvalue weighted by atomic mass is 15.3. The second-order valence-corrected chi connectivity index (χ2v) is 4.36. The highest BCUT2D eigenvalue weighted by Gasteiger charge is 2.14. The van der Waals surface area contributed by atoms with Gasteiger partial charge in [0.1, 0.15) is 5.82 Å². The number of benzene rings is 1. The van der Waals surface area contributed by atoms with Crippen molar-refractivity contribution in [3.8, 4) is 11.3 Å². The number of pyridine rings is 1. The molecule has 0 amide bonds. The van der Waals surface area contributed by atoms with Crippen molar-refractivity contribution in [1.29, 1.82) is 0 Å². The molecule has 0 aliphatic heterocycles. The molecular weight excluding hydrogens is 224 g/mol. The molecule has 1 aromatic carbocycles. The molecule has 0 atom stereocenters. The first-order chi connectivity index (χ1) is 8.68. The van der Waals surface area contributed by atoms with Gasteiger partial charge in [0.15, 0.2) is 0 Å². The van der Waals surface area contributed by atoms with Gasteiger partial charge < -0.3 is 5.73 Å². The second-order valence-electron chi connectivity index (χ2n) is 4.36. The summed E-state index contributed by atoms with van der Waals surface area (Å²) >= 11 is 0. The van der Waals surface area contributed by atoms with Crippen LogP contribution in [-0.2, 0) is 7.05 Å². The van der Waals surface area contributed by atoms with Crippen LogP contribution in [0, 0.1) is 6.92 Å². The van der Waals surface area contributed by atoms with Crippen LogP contribution in [0.25, 0.3) is 22.2 Å². The van der Waals surface area contributed by atoms with Crippen molar-refractivity contribution in [2.24, 2.45) is 7.05 Å². The molecule has 0 fully saturated rings. The van der Waals surface area contributed by atoms with Gasteiger partial charge in [0.25, 0.3) is 0 Å². The van der Waals surface area contributed by atoms with Crippen LogP contribution in [-0.4, -0.2) is 14.8 Å². The number of aryl methyl sites for hydroxylation is 1. The maximum Gasteiger partial charge on any atom is 0.124 e. The minimum absolute atomic E-state index is 0.693. The number of hydrogen-bond donors (Lipinski definition) is 1. The molecule has 4 heteroatoms. The first kappa shape index (κ1) is 10.8. The first-order valence-electron chi connectivity index (χ1n) is 5.81. The van der Waals surface area contributed by atoms with E-state index in [9.17, 15) is 0 Å². The van der Waals surface area contributed by atoms with Crippen molar-refractivity contribution in [2.45, 2.75) is 6.92 Å². The summed E-state index contributed by atoms with van der Waals surface area (Å²) in [6.45, 7) is 1.99. The minimum Gasteiger partial charge on any atom is -0.384 e. The van der Waals surface area contributed by atoms with Gasteiger partial charge >= 0.3 is 0 Å². The summed E-state index contributed by atoms with van der Waals surface area (Å²) in [6, 6.07) is 10.1. The molecule has 18 heavy (non-hydrogen) atoms. The van der Waals surface area contributed by atoms with E-state index in [1.165, 1.54) is 0 Å². The Bertz CT molecular complexity index is 722. The fourth-order valence-electron chi connectivity index (χ4n) is 2.19. The van der Waals surface area contributed by atoms with E-state index in [4.69, 9.17) is 5.73 Å². The van der Waals surface area contributed by atoms with Crippen molar-refractivity contribution in [3.63, 3.8) is 0 Å². The van der Waals surface area contributed by atoms with Gasteiger partial charge in [-0.3, -0.25) is 9.67 Å². The van der Waals surface area contributed by atoms with Crippen molar-refractivity contribution < 1.29 is 0 Å². The number of anilines is 1. The zero-order valence-corrected chi connectivity index (χ0v) is 10.4. The van der Waals surface area contributed by atoms with Gasteiger partial charge in [-0.25, -0.2) is 0 Å². The third-order valence-electron chi connectivity index (χ3n) is 3.23. The summed E-state index contributed by atoms with van der Waals surface area (Å²) in [5.41, 5.74) is 9.85. The van der Waals surface area contributed by atoms with Crippen LogP contribution in [0.1, 0.15) is 5.56 Å². The van der Waals surface area contributed by atoms with Crippen molar-refractivity contribution in [3.05, 3.63) is 42.1 Å². The number of hydrogen-bond acceptors (Lipinski definition) is 3. The number of nitrogens with zero attached hydrogens (tertiary/aromatic N) is 3. The normalized spacial score (nSPS) is 11.0. The van der Waals surface area contributed by atoms with Gasteiger partial charge in [-0.15, -0.1) is 0 Å². The van der Waals surface area contributed by atoms with Gasteiger partial charge in [-0.1, -0.05) is 24.3 Å². The molecule has 0 aliphatic rings. The van der Waals surface area contributed by atoms with Gasteiger partial charge in [-0.2, -0.15) is 5.10 Å². The molecule has 0 unspecified atom stereocenters. The Kier molecular flexibility index (Phi) is 2.30. The highest BCUT2D eigenvalue weighted by Crippen LogP contribution is 2.30. The zero-order chi connectivity index (χ0) is 12.7. The van der Waals surface area contributed by atoms with Crippen LogP contribution in [0.2, 0.25) is 0 Å². The predicted molar refractivity (Wildman–Crippen MR) is 73.1 cm³/mol. The number of para-hydroxylation sites is 1. The third kappa shape index (κ3) is 1.46. The number of fused-ring (bicyclic) bond motifs is 1. The van der Waals surface area contributed by atoms with Crippen LogP contribution >= 0.6 is 0 Å². The summed E-state index contributed by atoms with van der Waals surface area (Å²) < 4.78 is 1.70. The van der Waals surface area contributed by atoms with E-state index in [0.29, 0.717) is 5.82 Å². The molecule has 3 rings (SSSR count). The van der Waals surface area contributed by atoms with E-state index < -0.39 is 0 Å². The van der Waals surface area contributed by atoms with E-state index in [1.807, 2.05) is 44.3 Å². The van der Waals surface area contributed by atoms with Gasteiger partial charge in [0.05, 0.1) is 11.2 Å². The summed E-state index contributed by atoms with van der Waals surface area (Å²) in [5, 5.41) is 5.59. The molecule has 4 nitrogen and oxygen atoms in total. The topological polar surface area (TPSA) is 56.7 Å². The molecule has 2 aromatic heterocycles. The lowest BCUT2D eigenvalue weighted by molar-refractivity contribution is 0.782. The SMILES string of the molecule is Cc1c(-c2cccc3cccnc23)nn(C)c1N. The Labute approximate surface area is 105 Å². The average Bonchev–Trinajstić information content (AvgIpc) is 2.66. The average molecular weight is 238 g/mol. The molecule has 2 N–H and O–H groups in total. The molecule has 0 aliphatic carbocycles. The molecule has 0 saturated heterocycles. The van der Waals surface area contributed by atoms with Crippen LogP contribution in [0.4, 0.5) is 5.82 Å². The molecule has 0 spiro atoms. The number of nitrogen functional groups attached to an aromatic ring is 1. The highest BCUT2D eigenvalue weighted by molar-refractivity contribution is 5.93. The van der Waals surface area contributed by atoms with Crippen molar-refractivity contribution in [2.75, 3.05) is 5.73 Å². The molecule has 90 valence electrons. The summed E-state index contributed by atoms with van der Waals surface area (Å²) in [5.74, 6) is 0.693. The molecule has 0 bridgehead atoms. The molecule has 2 heterocycles. The Morgan fingerprint density at radius 1 is 1.17 bits per heavy atom. The van der Waals surface area contributed by atoms with E-state index in [-0.39, 0.29) is 0 Å². The molecule has 0 radical (unpaired) electrons. The Morgan fingerprint density at radius 3 is 2.67 bits per heavy atom. The Balaban J connectivity index is 2.35. The molecule has 0 saturated carbocycles. The fraction of sp³-hybridized carbons (Fsp3) is 0.143. The summed E-state index contributed by atoms with van der Waals surface area (Å²) in [4.78, 5) is 4.45. The lowest BCUT2D eigenvalue weighted by Crippen LogP contribution is -1.97. The lowest BCUT2D eigenvalue weighted by Gasteiger charge is -2.03. The fourth-order valence-corrected chi connectivity index (χ4v) is 2.19. The quantitative estimate of drug-likeness (QED) is 0.708. The monoisotopic (exact) mass is 238 g/mol. The van der Waals surface area contributed by atoms with Crippen LogP contribution in [0.15, 0.2) is 36.5 Å². The van der Waals surface area contributed by atoms with Crippen LogP contribution in [0.5, 0.6) is 0 Å².